The number of nitrogens with zero attached hydrogens (tertiary/aromatic N) is 5. The van der Waals surface area contributed by atoms with Crippen LogP contribution in [0.15, 0.2) is 106 Å². The van der Waals surface area contributed by atoms with Gasteiger partial charge in [0.2, 0.25) is 5.17 Å². The fraction of sp³-hybridized carbons (Fsp3) is 0.257. The van der Waals surface area contributed by atoms with E-state index in [-0.39, 0.29) is 22.5 Å². The second-order valence-electron chi connectivity index (χ2n) is 12.3. The number of carbonyl (C=O) groups excluding carboxylic acids is 1. The van der Waals surface area contributed by atoms with E-state index in [1.807, 2.05) is 77.6 Å². The molecule has 8 heteroatoms. The number of aromatic hydroxyl groups is 1. The summed E-state index contributed by atoms with van der Waals surface area (Å²) in [5.41, 5.74) is 5.43. The molecule has 0 radical (unpaired) electrons. The molecule has 1 saturated heterocycles. The Morgan fingerprint density at radius 1 is 0.930 bits per heavy atom. The van der Waals surface area contributed by atoms with Crippen molar-refractivity contribution in [3.8, 4) is 22.7 Å². The van der Waals surface area contributed by atoms with Crippen molar-refractivity contribution in [1.29, 1.82) is 0 Å². The number of para-hydroxylation sites is 1. The Morgan fingerprint density at radius 2 is 1.63 bits per heavy atom. The predicted octanol–water partition coefficient (Wildman–Crippen LogP) is 7.92. The van der Waals surface area contributed by atoms with E-state index in [2.05, 4.69) is 20.8 Å². The third-order valence-corrected chi connectivity index (χ3v) is 10.7. The van der Waals surface area contributed by atoms with E-state index < -0.39 is 0 Å². The molecule has 43 heavy (non-hydrogen) atoms. The zero-order valence-electron chi connectivity index (χ0n) is 24.4. The van der Waals surface area contributed by atoms with Crippen molar-refractivity contribution in [2.24, 2.45) is 27.0 Å². The van der Waals surface area contributed by atoms with Crippen LogP contribution in [0.5, 0.6) is 5.75 Å². The summed E-state index contributed by atoms with van der Waals surface area (Å²) in [6.07, 6.45) is 7.13. The maximum atomic E-state index is 14.0. The Morgan fingerprint density at radius 3 is 2.28 bits per heavy atom. The van der Waals surface area contributed by atoms with Crippen molar-refractivity contribution >= 4 is 40.3 Å². The van der Waals surface area contributed by atoms with E-state index in [1.54, 1.807) is 29.2 Å². The second-order valence-corrected chi connectivity index (χ2v) is 13.3. The molecular formula is C35H33N5O2S. The van der Waals surface area contributed by atoms with Gasteiger partial charge in [0.25, 0.3) is 5.91 Å². The lowest BCUT2D eigenvalue weighted by Crippen LogP contribution is -2.32. The molecule has 3 fully saturated rings. The van der Waals surface area contributed by atoms with Crippen LogP contribution in [0, 0.1) is 16.7 Å². The van der Waals surface area contributed by atoms with Gasteiger partial charge in [0.15, 0.2) is 0 Å². The van der Waals surface area contributed by atoms with Crippen LogP contribution in [-0.4, -0.2) is 31.7 Å². The molecule has 3 aliphatic rings. The molecule has 0 spiro atoms. The lowest BCUT2D eigenvalue weighted by Gasteiger charge is -2.34. The summed E-state index contributed by atoms with van der Waals surface area (Å²) in [6.45, 7) is 7.00. The van der Waals surface area contributed by atoms with Gasteiger partial charge in [-0.25, -0.2) is 4.68 Å². The fourth-order valence-electron chi connectivity index (χ4n) is 6.72. The van der Waals surface area contributed by atoms with Crippen LogP contribution in [0.4, 0.5) is 5.69 Å². The maximum absolute atomic E-state index is 14.0. The molecule has 2 atom stereocenters. The molecular weight excluding hydrogens is 554 g/mol. The van der Waals surface area contributed by atoms with Gasteiger partial charge in [0.05, 0.1) is 22.0 Å². The van der Waals surface area contributed by atoms with E-state index >= 15 is 0 Å². The highest BCUT2D eigenvalue weighted by Crippen LogP contribution is 2.64. The van der Waals surface area contributed by atoms with E-state index in [4.69, 9.17) is 15.3 Å². The summed E-state index contributed by atoms with van der Waals surface area (Å²) in [5, 5.41) is 24.9. The highest BCUT2D eigenvalue weighted by atomic mass is 32.2. The monoisotopic (exact) mass is 587 g/mol. The van der Waals surface area contributed by atoms with Crippen molar-refractivity contribution < 1.29 is 9.90 Å². The van der Waals surface area contributed by atoms with Gasteiger partial charge in [-0.3, -0.25) is 9.69 Å². The Labute approximate surface area is 255 Å². The summed E-state index contributed by atoms with van der Waals surface area (Å²) in [6, 6.07) is 26.5. The molecule has 3 aromatic carbocycles. The summed E-state index contributed by atoms with van der Waals surface area (Å²) >= 11 is 1.31. The van der Waals surface area contributed by atoms with Crippen molar-refractivity contribution in [3.05, 3.63) is 102 Å². The normalized spacial score (nSPS) is 25.5. The molecule has 1 aliphatic heterocycles. The number of hydrogen-bond acceptors (Lipinski definition) is 6. The van der Waals surface area contributed by atoms with Gasteiger partial charge in [-0.05, 0) is 84.8 Å². The molecule has 216 valence electrons. The summed E-state index contributed by atoms with van der Waals surface area (Å²) in [4.78, 5) is 16.1. The van der Waals surface area contributed by atoms with E-state index in [0.29, 0.717) is 21.7 Å². The summed E-state index contributed by atoms with van der Waals surface area (Å²) in [5.74, 6) is 0.548. The van der Waals surface area contributed by atoms with Crippen molar-refractivity contribution in [1.82, 2.24) is 9.78 Å². The third kappa shape index (κ3) is 4.61. The molecule has 1 amide bonds. The van der Waals surface area contributed by atoms with Gasteiger partial charge < -0.3 is 5.11 Å². The third-order valence-electron chi connectivity index (χ3n) is 9.78. The number of amides is 1. The molecule has 1 N–H and O–H groups in total. The molecule has 2 aliphatic carbocycles. The van der Waals surface area contributed by atoms with Crippen LogP contribution in [0.2, 0.25) is 0 Å². The van der Waals surface area contributed by atoms with E-state index in [0.717, 1.165) is 41.1 Å². The topological polar surface area (TPSA) is 83.1 Å². The Bertz CT molecular complexity index is 1790. The number of thioether (sulfide) groups is 1. The first-order valence-corrected chi connectivity index (χ1v) is 15.4. The number of fused-ring (bicyclic) bond motifs is 2. The number of hydrogen-bond donors (Lipinski definition) is 1. The number of aromatic nitrogens is 2. The first-order valence-electron chi connectivity index (χ1n) is 14.6. The minimum absolute atomic E-state index is 0.00759. The highest BCUT2D eigenvalue weighted by Gasteiger charge is 2.60. The predicted molar refractivity (Wildman–Crippen MR) is 174 cm³/mol. The molecule has 2 unspecified atom stereocenters. The van der Waals surface area contributed by atoms with Gasteiger partial charge >= 0.3 is 0 Å². The molecule has 1 aromatic heterocycles. The van der Waals surface area contributed by atoms with Crippen molar-refractivity contribution in [2.75, 3.05) is 4.90 Å². The van der Waals surface area contributed by atoms with Crippen LogP contribution in [0.1, 0.15) is 45.6 Å². The number of rotatable bonds is 5. The highest BCUT2D eigenvalue weighted by molar-refractivity contribution is 8.19. The number of amidine groups is 1. The molecule has 7 rings (SSSR count). The minimum atomic E-state index is -0.194. The zero-order chi connectivity index (χ0) is 29.8. The Hall–Kier alpha value is -4.43. The molecule has 2 heterocycles. The lowest BCUT2D eigenvalue weighted by molar-refractivity contribution is -0.113. The molecule has 2 bridgehead atoms. The van der Waals surface area contributed by atoms with Crippen LogP contribution >= 0.6 is 11.8 Å². The van der Waals surface area contributed by atoms with Gasteiger partial charge in [0, 0.05) is 28.5 Å². The van der Waals surface area contributed by atoms with Crippen molar-refractivity contribution in [2.45, 2.75) is 40.0 Å². The van der Waals surface area contributed by atoms with E-state index in [9.17, 15) is 9.90 Å². The largest absolute Gasteiger partial charge is 0.508 e. The fourth-order valence-corrected chi connectivity index (χ4v) is 7.64. The number of phenols is 1. The smallest absolute Gasteiger partial charge is 0.271 e. The second kappa shape index (κ2) is 10.4. The SMILES string of the molecule is CC12CCC(C/C1=N\N=C1\S/C(=C\c3cn(-c4ccccc4)nc3-c3ccccc3)C(=O)N1c1ccc(O)cc1)C2(C)C. The van der Waals surface area contributed by atoms with Crippen molar-refractivity contribution in [3.63, 3.8) is 0 Å². The first-order chi connectivity index (χ1) is 20.7. The maximum Gasteiger partial charge on any atom is 0.271 e. The summed E-state index contributed by atoms with van der Waals surface area (Å²) in [7, 11) is 0. The van der Waals surface area contributed by atoms with Crippen LogP contribution < -0.4 is 4.90 Å². The standard InChI is InChI=1S/C35H33N5O2S/c1-34(2)25-18-19-35(34,3)30(21-25)36-37-33-40(27-14-16-28(41)17-15-27)32(42)29(43-33)20-24-22-39(26-12-8-5-9-13-26)38-31(24)23-10-6-4-7-11-23/h4-17,20,22,25,41H,18-19,21H2,1-3H3/b29-20-,36-30+,37-33+. The number of anilines is 1. The van der Waals surface area contributed by atoms with Crippen LogP contribution in [0.25, 0.3) is 23.0 Å². The van der Waals surface area contributed by atoms with Gasteiger partial charge in [-0.1, -0.05) is 69.3 Å². The lowest BCUT2D eigenvalue weighted by atomic mass is 9.70. The van der Waals surface area contributed by atoms with Gasteiger partial charge in [0.1, 0.15) is 5.75 Å². The Balaban J connectivity index is 1.31. The first kappa shape index (κ1) is 27.4. The molecule has 7 nitrogen and oxygen atoms in total. The quantitative estimate of drug-likeness (QED) is 0.190. The summed E-state index contributed by atoms with van der Waals surface area (Å²) < 4.78 is 1.84. The number of benzene rings is 3. The van der Waals surface area contributed by atoms with Gasteiger partial charge in [-0.15, -0.1) is 5.10 Å². The van der Waals surface area contributed by atoms with Crippen LogP contribution in [-0.2, 0) is 4.79 Å². The van der Waals surface area contributed by atoms with Crippen LogP contribution in [0.3, 0.4) is 0 Å². The average Bonchev–Trinajstić information content (AvgIpc) is 3.69. The molecule has 2 saturated carbocycles. The minimum Gasteiger partial charge on any atom is -0.508 e. The van der Waals surface area contributed by atoms with Gasteiger partial charge in [-0.2, -0.15) is 10.2 Å². The van der Waals surface area contributed by atoms with E-state index in [1.165, 1.54) is 18.2 Å². The Kier molecular flexibility index (Phi) is 6.62. The zero-order valence-corrected chi connectivity index (χ0v) is 25.3. The number of carbonyl (C=O) groups is 1. The average molecular weight is 588 g/mol. The molecule has 4 aromatic rings. The number of phenolic OH excluding ortho intramolecular Hbond substituents is 1.